The second kappa shape index (κ2) is 7.65. The minimum Gasteiger partial charge on any atom is -0.449 e. The van der Waals surface area contributed by atoms with E-state index in [1.54, 1.807) is 0 Å². The number of piperidine rings is 1. The Morgan fingerprint density at radius 3 is 2.72 bits per heavy atom. The van der Waals surface area contributed by atoms with E-state index >= 15 is 0 Å². The van der Waals surface area contributed by atoms with Crippen molar-refractivity contribution in [1.29, 1.82) is 0 Å². The maximum Gasteiger partial charge on any atom is 0.294 e. The van der Waals surface area contributed by atoms with E-state index in [1.807, 2.05) is 42.5 Å². The highest BCUT2D eigenvalue weighted by Gasteiger charge is 2.15. The van der Waals surface area contributed by atoms with Crippen LogP contribution in [0.15, 0.2) is 56.1 Å². The lowest BCUT2D eigenvalue weighted by atomic mass is 9.98. The van der Waals surface area contributed by atoms with E-state index in [9.17, 15) is 4.79 Å². The number of anilines is 1. The molecule has 29 heavy (non-hydrogen) atoms. The Kier molecular flexibility index (Phi) is 4.85. The molecule has 3 N–H and O–H groups in total. The van der Waals surface area contributed by atoms with Crippen molar-refractivity contribution in [1.82, 2.24) is 15.3 Å². The van der Waals surface area contributed by atoms with Gasteiger partial charge in [0.15, 0.2) is 0 Å². The SMILES string of the molecule is O=c1[nH]c(-c2ccc(NCC3CCNCC3)cc2)nc2c1oc1ccc(Br)cc12. The zero-order valence-electron chi connectivity index (χ0n) is 15.8. The third-order valence-corrected chi connectivity index (χ3v) is 5.99. The van der Waals surface area contributed by atoms with Gasteiger partial charge in [-0.2, -0.15) is 0 Å². The van der Waals surface area contributed by atoms with Gasteiger partial charge in [-0.25, -0.2) is 4.98 Å². The smallest absolute Gasteiger partial charge is 0.294 e. The topological polar surface area (TPSA) is 83.0 Å². The first-order valence-corrected chi connectivity index (χ1v) is 10.6. The van der Waals surface area contributed by atoms with E-state index in [2.05, 4.69) is 36.5 Å². The molecule has 1 fully saturated rings. The van der Waals surface area contributed by atoms with Gasteiger partial charge in [-0.1, -0.05) is 15.9 Å². The molecule has 0 spiro atoms. The molecule has 0 radical (unpaired) electrons. The van der Waals surface area contributed by atoms with Gasteiger partial charge in [0.1, 0.15) is 16.9 Å². The summed E-state index contributed by atoms with van der Waals surface area (Å²) in [6.07, 6.45) is 2.43. The number of nitrogens with zero attached hydrogens (tertiary/aromatic N) is 1. The zero-order chi connectivity index (χ0) is 19.8. The maximum atomic E-state index is 12.6. The Morgan fingerprint density at radius 2 is 1.93 bits per heavy atom. The molecule has 0 amide bonds. The van der Waals surface area contributed by atoms with Crippen molar-refractivity contribution in [2.75, 3.05) is 25.0 Å². The molecule has 0 aliphatic carbocycles. The van der Waals surface area contributed by atoms with Gasteiger partial charge in [0.05, 0.1) is 0 Å². The number of hydrogen-bond acceptors (Lipinski definition) is 5. The first-order valence-electron chi connectivity index (χ1n) is 9.84. The fourth-order valence-electron chi connectivity index (χ4n) is 3.86. The van der Waals surface area contributed by atoms with E-state index in [0.29, 0.717) is 22.8 Å². The lowest BCUT2D eigenvalue weighted by Crippen LogP contribution is -2.31. The molecule has 6 nitrogen and oxygen atoms in total. The molecule has 4 aromatic rings. The number of hydrogen-bond donors (Lipinski definition) is 3. The van der Waals surface area contributed by atoms with E-state index in [0.717, 1.165) is 40.7 Å². The monoisotopic (exact) mass is 452 g/mol. The lowest BCUT2D eigenvalue weighted by molar-refractivity contribution is 0.390. The number of rotatable bonds is 4. The summed E-state index contributed by atoms with van der Waals surface area (Å²) >= 11 is 3.47. The number of fused-ring (bicyclic) bond motifs is 3. The minimum absolute atomic E-state index is 0.252. The molecular weight excluding hydrogens is 432 g/mol. The number of benzene rings is 2. The Labute approximate surface area is 175 Å². The molecule has 1 aliphatic heterocycles. The van der Waals surface area contributed by atoms with Crippen molar-refractivity contribution in [3.63, 3.8) is 0 Å². The van der Waals surface area contributed by atoms with Crippen LogP contribution in [-0.2, 0) is 0 Å². The molecule has 5 rings (SSSR count). The van der Waals surface area contributed by atoms with E-state index in [4.69, 9.17) is 4.42 Å². The van der Waals surface area contributed by atoms with Crippen molar-refractivity contribution in [3.8, 4) is 11.4 Å². The number of aromatic amines is 1. The van der Waals surface area contributed by atoms with Crippen LogP contribution in [0.3, 0.4) is 0 Å². The molecule has 148 valence electrons. The Morgan fingerprint density at radius 1 is 1.14 bits per heavy atom. The molecular formula is C22H21BrN4O2. The quantitative estimate of drug-likeness (QED) is 0.424. The average molecular weight is 453 g/mol. The number of aromatic nitrogens is 2. The van der Waals surface area contributed by atoms with Crippen molar-refractivity contribution in [2.45, 2.75) is 12.8 Å². The fraction of sp³-hybridized carbons (Fsp3) is 0.273. The number of halogens is 1. The van der Waals surface area contributed by atoms with Gasteiger partial charge in [-0.3, -0.25) is 4.79 Å². The van der Waals surface area contributed by atoms with Gasteiger partial charge in [0, 0.05) is 27.7 Å². The third-order valence-electron chi connectivity index (χ3n) is 5.50. The Balaban J connectivity index is 1.43. The summed E-state index contributed by atoms with van der Waals surface area (Å²) in [5.41, 5.74) is 3.14. The summed E-state index contributed by atoms with van der Waals surface area (Å²) in [5.74, 6) is 1.25. The second-order valence-corrected chi connectivity index (χ2v) is 8.40. The van der Waals surface area contributed by atoms with Crippen LogP contribution in [0.1, 0.15) is 12.8 Å². The average Bonchev–Trinajstić information content (AvgIpc) is 3.12. The first kappa shape index (κ1) is 18.4. The zero-order valence-corrected chi connectivity index (χ0v) is 17.4. The predicted octanol–water partition coefficient (Wildman–Crippen LogP) is 4.51. The van der Waals surface area contributed by atoms with E-state index in [-0.39, 0.29) is 11.1 Å². The highest BCUT2D eigenvalue weighted by molar-refractivity contribution is 9.10. The standard InChI is InChI=1S/C22H21BrN4O2/c23-15-3-6-18-17(11-15)19-20(29-18)22(28)27-21(26-19)14-1-4-16(5-2-14)25-12-13-7-9-24-10-8-13/h1-6,11,13,24-25H,7-10,12H2,(H,26,27,28). The van der Waals surface area contributed by atoms with Crippen molar-refractivity contribution < 1.29 is 4.42 Å². The van der Waals surface area contributed by atoms with Crippen LogP contribution in [0.25, 0.3) is 33.5 Å². The maximum absolute atomic E-state index is 12.6. The molecule has 0 atom stereocenters. The van der Waals surface area contributed by atoms with Crippen LogP contribution in [0.2, 0.25) is 0 Å². The molecule has 1 saturated heterocycles. The van der Waals surface area contributed by atoms with Crippen LogP contribution in [0.5, 0.6) is 0 Å². The van der Waals surface area contributed by atoms with Gasteiger partial charge in [0.2, 0.25) is 5.58 Å². The van der Waals surface area contributed by atoms with Crippen LogP contribution in [0, 0.1) is 5.92 Å². The molecule has 1 aliphatic rings. The molecule has 0 unspecified atom stereocenters. The molecule has 3 heterocycles. The summed E-state index contributed by atoms with van der Waals surface area (Å²) in [5, 5.41) is 7.74. The Bertz CT molecular complexity index is 1220. The number of furan rings is 1. The predicted molar refractivity (Wildman–Crippen MR) is 119 cm³/mol. The van der Waals surface area contributed by atoms with Crippen LogP contribution < -0.4 is 16.2 Å². The van der Waals surface area contributed by atoms with Gasteiger partial charge in [-0.15, -0.1) is 0 Å². The first-order chi connectivity index (χ1) is 14.2. The highest BCUT2D eigenvalue weighted by Crippen LogP contribution is 2.29. The normalized spacial score (nSPS) is 15.2. The van der Waals surface area contributed by atoms with Gasteiger partial charge in [0.25, 0.3) is 5.56 Å². The molecule has 7 heteroatoms. The largest absolute Gasteiger partial charge is 0.449 e. The number of H-pyrrole nitrogens is 1. The van der Waals surface area contributed by atoms with Gasteiger partial charge in [-0.05, 0) is 74.3 Å². The third kappa shape index (κ3) is 3.68. The molecule has 0 bridgehead atoms. The molecule has 0 saturated carbocycles. The fourth-order valence-corrected chi connectivity index (χ4v) is 4.22. The highest BCUT2D eigenvalue weighted by atomic mass is 79.9. The second-order valence-electron chi connectivity index (χ2n) is 7.49. The van der Waals surface area contributed by atoms with Crippen LogP contribution >= 0.6 is 15.9 Å². The van der Waals surface area contributed by atoms with Crippen molar-refractivity contribution >= 4 is 43.7 Å². The summed E-state index contributed by atoms with van der Waals surface area (Å²) in [7, 11) is 0. The molecule has 2 aromatic carbocycles. The minimum atomic E-state index is -0.273. The van der Waals surface area contributed by atoms with Crippen LogP contribution in [0.4, 0.5) is 5.69 Å². The van der Waals surface area contributed by atoms with Crippen LogP contribution in [-0.4, -0.2) is 29.6 Å². The summed E-state index contributed by atoms with van der Waals surface area (Å²) in [6, 6.07) is 13.7. The van der Waals surface area contributed by atoms with E-state index in [1.165, 1.54) is 12.8 Å². The summed E-state index contributed by atoms with van der Waals surface area (Å²) in [6.45, 7) is 3.19. The lowest BCUT2D eigenvalue weighted by Gasteiger charge is -2.23. The summed E-state index contributed by atoms with van der Waals surface area (Å²) in [4.78, 5) is 20.1. The van der Waals surface area contributed by atoms with Crippen molar-refractivity contribution in [3.05, 3.63) is 57.3 Å². The summed E-state index contributed by atoms with van der Waals surface area (Å²) < 4.78 is 6.61. The molecule has 2 aromatic heterocycles. The van der Waals surface area contributed by atoms with Gasteiger partial charge < -0.3 is 20.0 Å². The van der Waals surface area contributed by atoms with Crippen molar-refractivity contribution in [2.24, 2.45) is 5.92 Å². The Hall–Kier alpha value is -2.64. The number of nitrogens with one attached hydrogen (secondary N) is 3. The van der Waals surface area contributed by atoms with Gasteiger partial charge >= 0.3 is 0 Å². The van der Waals surface area contributed by atoms with E-state index < -0.39 is 0 Å².